The van der Waals surface area contributed by atoms with E-state index in [-0.39, 0.29) is 5.69 Å². The van der Waals surface area contributed by atoms with E-state index in [4.69, 9.17) is 0 Å². The van der Waals surface area contributed by atoms with Crippen LogP contribution < -0.4 is 5.43 Å². The number of rotatable bonds is 3. The van der Waals surface area contributed by atoms with Crippen LogP contribution in [0.2, 0.25) is 0 Å². The maximum atomic E-state index is 10.5. The van der Waals surface area contributed by atoms with Gasteiger partial charge in [0, 0.05) is 22.8 Å². The van der Waals surface area contributed by atoms with Gasteiger partial charge in [0.2, 0.25) is 0 Å². The van der Waals surface area contributed by atoms with E-state index in [0.717, 1.165) is 4.47 Å². The quantitative estimate of drug-likeness (QED) is 0.515. The molecule has 0 unspecified atom stereocenters. The first-order valence-electron chi connectivity index (χ1n) is 3.82. The van der Waals surface area contributed by atoms with Crippen molar-refractivity contribution in [2.24, 2.45) is 5.10 Å². The number of hydrazone groups is 1. The number of nitro groups is 1. The largest absolute Gasteiger partial charge is 0.277 e. The van der Waals surface area contributed by atoms with Gasteiger partial charge in [-0.15, -0.1) is 0 Å². The molecule has 0 heterocycles. The molecule has 0 saturated carbocycles. The van der Waals surface area contributed by atoms with Crippen molar-refractivity contribution in [1.29, 1.82) is 0 Å². The fourth-order valence-electron chi connectivity index (χ4n) is 0.847. The average molecular weight is 258 g/mol. The van der Waals surface area contributed by atoms with Crippen molar-refractivity contribution in [2.45, 2.75) is 6.92 Å². The molecule has 1 rings (SSSR count). The molecule has 0 spiro atoms. The number of nitrogens with zero attached hydrogens (tertiary/aromatic N) is 2. The third-order valence-corrected chi connectivity index (χ3v) is 2.17. The van der Waals surface area contributed by atoms with Crippen LogP contribution in [0.4, 0.5) is 11.4 Å². The highest BCUT2D eigenvalue weighted by Crippen LogP contribution is 2.26. The number of hydrogen-bond acceptors (Lipinski definition) is 4. The molecular formula is C8H8BrN3O2. The number of hydrogen-bond donors (Lipinski definition) is 1. The van der Waals surface area contributed by atoms with Crippen LogP contribution in [0.25, 0.3) is 0 Å². The number of nitro benzene ring substituents is 1. The van der Waals surface area contributed by atoms with Crippen molar-refractivity contribution < 1.29 is 4.92 Å². The molecule has 6 heteroatoms. The van der Waals surface area contributed by atoms with Crippen molar-refractivity contribution >= 4 is 33.5 Å². The summed E-state index contributed by atoms with van der Waals surface area (Å²) in [5.74, 6) is 0. The Kier molecular flexibility index (Phi) is 3.58. The van der Waals surface area contributed by atoms with Gasteiger partial charge in [-0.3, -0.25) is 15.5 Å². The molecule has 0 aliphatic heterocycles. The summed E-state index contributed by atoms with van der Waals surface area (Å²) in [5, 5.41) is 14.2. The van der Waals surface area contributed by atoms with Crippen LogP contribution in [0.15, 0.2) is 27.8 Å². The Hall–Kier alpha value is -1.43. The minimum Gasteiger partial charge on any atom is -0.277 e. The van der Waals surface area contributed by atoms with E-state index in [0.29, 0.717) is 5.69 Å². The molecule has 0 atom stereocenters. The van der Waals surface area contributed by atoms with Gasteiger partial charge in [-0.05, 0) is 28.9 Å². The zero-order valence-corrected chi connectivity index (χ0v) is 8.98. The zero-order chi connectivity index (χ0) is 10.6. The van der Waals surface area contributed by atoms with E-state index in [1.54, 1.807) is 19.2 Å². The van der Waals surface area contributed by atoms with Gasteiger partial charge in [-0.25, -0.2) is 0 Å². The molecule has 0 bridgehead atoms. The molecule has 1 aromatic rings. The first kappa shape index (κ1) is 10.6. The lowest BCUT2D eigenvalue weighted by Gasteiger charge is -2.02. The Bertz CT molecular complexity index is 379. The van der Waals surface area contributed by atoms with Crippen LogP contribution in [0.5, 0.6) is 0 Å². The third kappa shape index (κ3) is 2.53. The average Bonchev–Trinajstić information content (AvgIpc) is 2.16. The molecular weight excluding hydrogens is 250 g/mol. The molecule has 0 fully saturated rings. The standard InChI is InChI=1S/C8H8BrN3O2/c1-2-10-11-8-5-6(12(13)14)3-4-7(8)9/h2-5,11H,1H3. The van der Waals surface area contributed by atoms with Crippen LogP contribution in [0, 0.1) is 10.1 Å². The summed E-state index contributed by atoms with van der Waals surface area (Å²) in [6, 6.07) is 4.44. The van der Waals surface area contributed by atoms with E-state index in [1.165, 1.54) is 12.1 Å². The van der Waals surface area contributed by atoms with Gasteiger partial charge in [-0.2, -0.15) is 5.10 Å². The summed E-state index contributed by atoms with van der Waals surface area (Å²) in [7, 11) is 0. The molecule has 0 aromatic heterocycles. The summed E-state index contributed by atoms with van der Waals surface area (Å²) >= 11 is 3.25. The molecule has 0 radical (unpaired) electrons. The first-order valence-corrected chi connectivity index (χ1v) is 4.62. The maximum Gasteiger partial charge on any atom is 0.271 e. The second kappa shape index (κ2) is 4.71. The molecule has 0 amide bonds. The van der Waals surface area contributed by atoms with Gasteiger partial charge in [0.05, 0.1) is 10.6 Å². The second-order valence-corrected chi connectivity index (χ2v) is 3.27. The van der Waals surface area contributed by atoms with Gasteiger partial charge >= 0.3 is 0 Å². The molecule has 5 nitrogen and oxygen atoms in total. The molecule has 0 aliphatic carbocycles. The van der Waals surface area contributed by atoms with Crippen molar-refractivity contribution in [3.8, 4) is 0 Å². The Balaban J connectivity index is 3.01. The van der Waals surface area contributed by atoms with E-state index in [1.807, 2.05) is 0 Å². The highest BCUT2D eigenvalue weighted by atomic mass is 79.9. The fraction of sp³-hybridized carbons (Fsp3) is 0.125. The van der Waals surface area contributed by atoms with Crippen LogP contribution in [0.3, 0.4) is 0 Å². The van der Waals surface area contributed by atoms with Gasteiger partial charge in [0.15, 0.2) is 0 Å². The molecule has 74 valence electrons. The molecule has 14 heavy (non-hydrogen) atoms. The Morgan fingerprint density at radius 1 is 1.64 bits per heavy atom. The van der Waals surface area contributed by atoms with Crippen LogP contribution >= 0.6 is 15.9 Å². The Morgan fingerprint density at radius 2 is 2.36 bits per heavy atom. The minimum atomic E-state index is -0.451. The second-order valence-electron chi connectivity index (χ2n) is 2.42. The fourth-order valence-corrected chi connectivity index (χ4v) is 1.18. The number of anilines is 1. The molecule has 1 aromatic carbocycles. The summed E-state index contributed by atoms with van der Waals surface area (Å²) in [5.41, 5.74) is 3.27. The van der Waals surface area contributed by atoms with E-state index in [9.17, 15) is 10.1 Å². The summed E-state index contributed by atoms with van der Waals surface area (Å²) < 4.78 is 0.730. The molecule has 0 saturated heterocycles. The normalized spacial score (nSPS) is 10.4. The summed E-state index contributed by atoms with van der Waals surface area (Å²) in [6.45, 7) is 1.75. The minimum absolute atomic E-state index is 0.0296. The number of halogens is 1. The number of non-ortho nitro benzene ring substituents is 1. The summed E-state index contributed by atoms with van der Waals surface area (Å²) in [4.78, 5) is 10.0. The summed E-state index contributed by atoms with van der Waals surface area (Å²) in [6.07, 6.45) is 1.56. The SMILES string of the molecule is CC=NNc1cc([N+](=O)[O-])ccc1Br. The lowest BCUT2D eigenvalue weighted by molar-refractivity contribution is -0.384. The third-order valence-electron chi connectivity index (χ3n) is 1.47. The van der Waals surface area contributed by atoms with Crippen LogP contribution in [-0.4, -0.2) is 11.1 Å². The Labute approximate surface area is 89.1 Å². The highest BCUT2D eigenvalue weighted by molar-refractivity contribution is 9.10. The first-order chi connectivity index (χ1) is 6.65. The van der Waals surface area contributed by atoms with Gasteiger partial charge < -0.3 is 0 Å². The molecule has 1 N–H and O–H groups in total. The van der Waals surface area contributed by atoms with E-state index < -0.39 is 4.92 Å². The Morgan fingerprint density at radius 3 is 2.93 bits per heavy atom. The van der Waals surface area contributed by atoms with Gasteiger partial charge in [0.1, 0.15) is 0 Å². The predicted molar refractivity (Wildman–Crippen MR) is 58.6 cm³/mol. The monoisotopic (exact) mass is 257 g/mol. The van der Waals surface area contributed by atoms with Gasteiger partial charge in [0.25, 0.3) is 5.69 Å². The number of nitrogens with one attached hydrogen (secondary N) is 1. The highest BCUT2D eigenvalue weighted by Gasteiger charge is 2.08. The predicted octanol–water partition coefficient (Wildman–Crippen LogP) is 2.77. The van der Waals surface area contributed by atoms with Gasteiger partial charge in [-0.1, -0.05) is 0 Å². The lowest BCUT2D eigenvalue weighted by atomic mass is 10.3. The topological polar surface area (TPSA) is 67.5 Å². The van der Waals surface area contributed by atoms with E-state index >= 15 is 0 Å². The zero-order valence-electron chi connectivity index (χ0n) is 7.40. The van der Waals surface area contributed by atoms with Crippen molar-refractivity contribution in [1.82, 2.24) is 0 Å². The maximum absolute atomic E-state index is 10.5. The van der Waals surface area contributed by atoms with Crippen molar-refractivity contribution in [2.75, 3.05) is 5.43 Å². The van der Waals surface area contributed by atoms with Crippen molar-refractivity contribution in [3.63, 3.8) is 0 Å². The molecule has 0 aliphatic rings. The smallest absolute Gasteiger partial charge is 0.271 e. The van der Waals surface area contributed by atoms with Crippen molar-refractivity contribution in [3.05, 3.63) is 32.8 Å². The number of benzene rings is 1. The van der Waals surface area contributed by atoms with Crippen LogP contribution in [-0.2, 0) is 0 Å². The van der Waals surface area contributed by atoms with Crippen LogP contribution in [0.1, 0.15) is 6.92 Å². The lowest BCUT2D eigenvalue weighted by Crippen LogP contribution is -1.93. The van der Waals surface area contributed by atoms with E-state index in [2.05, 4.69) is 26.5 Å².